The van der Waals surface area contributed by atoms with Gasteiger partial charge in [-0.15, -0.1) is 23.1 Å². The second-order valence-electron chi connectivity index (χ2n) is 6.91. The summed E-state index contributed by atoms with van der Waals surface area (Å²) in [6.07, 6.45) is -3.62. The van der Waals surface area contributed by atoms with Gasteiger partial charge in [-0.2, -0.15) is 13.2 Å². The van der Waals surface area contributed by atoms with E-state index in [1.54, 1.807) is 6.26 Å². The summed E-state index contributed by atoms with van der Waals surface area (Å²) in [6.45, 7) is 0.0937. The van der Waals surface area contributed by atoms with Gasteiger partial charge in [-0.25, -0.2) is 13.2 Å². The Hall–Kier alpha value is -2.09. The molecule has 1 aliphatic rings. The zero-order chi connectivity index (χ0) is 23.7. The molecule has 0 radical (unpaired) electrons. The molecule has 1 aromatic carbocycles. The highest BCUT2D eigenvalue weighted by atomic mass is 32.2. The quantitative estimate of drug-likeness (QED) is 0.264. The van der Waals surface area contributed by atoms with E-state index in [1.807, 2.05) is 0 Å². The third-order valence-corrected chi connectivity index (χ3v) is 9.23. The van der Waals surface area contributed by atoms with Crippen molar-refractivity contribution in [3.63, 3.8) is 0 Å². The smallest absolute Gasteiger partial charge is 0.447 e. The van der Waals surface area contributed by atoms with E-state index in [9.17, 15) is 26.4 Å². The first kappa shape index (κ1) is 24.6. The van der Waals surface area contributed by atoms with E-state index >= 15 is 0 Å². The highest BCUT2D eigenvalue weighted by molar-refractivity contribution is 8.01. The number of nitrogens with one attached hydrogen (secondary N) is 1. The monoisotopic (exact) mass is 508 g/mol. The lowest BCUT2D eigenvalue weighted by molar-refractivity contribution is -0.222. The summed E-state index contributed by atoms with van der Waals surface area (Å²) in [6, 6.07) is 6.65. The Morgan fingerprint density at radius 3 is 2.50 bits per heavy atom. The van der Waals surface area contributed by atoms with Crippen LogP contribution in [0.4, 0.5) is 13.2 Å². The molecule has 2 aromatic rings. The second-order valence-corrected chi connectivity index (χ2v) is 11.0. The number of amidine groups is 1. The van der Waals surface area contributed by atoms with Gasteiger partial charge in [0.05, 0.1) is 32.1 Å². The van der Waals surface area contributed by atoms with Crippen molar-refractivity contribution in [1.82, 2.24) is 0 Å². The molecular weight excluding hydrogens is 489 g/mol. The number of hydrogen-bond donors (Lipinski definition) is 2. The number of hydrogen-bond acceptors (Lipinski definition) is 8. The van der Waals surface area contributed by atoms with Crippen molar-refractivity contribution in [3.05, 3.63) is 40.8 Å². The van der Waals surface area contributed by atoms with E-state index in [1.165, 1.54) is 42.1 Å². The van der Waals surface area contributed by atoms with Crippen LogP contribution in [-0.4, -0.2) is 45.9 Å². The van der Waals surface area contributed by atoms with E-state index in [-0.39, 0.29) is 52.1 Å². The van der Waals surface area contributed by atoms with Gasteiger partial charge in [0, 0.05) is 12.8 Å². The molecule has 3 N–H and O–H groups in total. The molecule has 1 fully saturated rings. The first-order chi connectivity index (χ1) is 14.9. The maximum absolute atomic E-state index is 13.3. The normalized spacial score (nSPS) is 16.5. The fourth-order valence-electron chi connectivity index (χ4n) is 3.28. The number of benzene rings is 1. The maximum atomic E-state index is 13.3. The van der Waals surface area contributed by atoms with E-state index in [4.69, 9.17) is 20.6 Å². The van der Waals surface area contributed by atoms with Crippen LogP contribution in [0.15, 0.2) is 44.3 Å². The number of nitrogen functional groups attached to an aromatic ring is 1. The van der Waals surface area contributed by atoms with E-state index < -0.39 is 27.6 Å². The van der Waals surface area contributed by atoms with Gasteiger partial charge >= 0.3 is 12.1 Å². The van der Waals surface area contributed by atoms with Gasteiger partial charge in [-0.1, -0.05) is 12.1 Å². The zero-order valence-electron chi connectivity index (χ0n) is 16.7. The lowest BCUT2D eigenvalue weighted by Crippen LogP contribution is -2.42. The van der Waals surface area contributed by atoms with Gasteiger partial charge in [-0.3, -0.25) is 5.41 Å². The number of carbonyl (C=O) groups is 1. The highest BCUT2D eigenvalue weighted by Crippen LogP contribution is 2.41. The Labute approximate surface area is 190 Å². The van der Waals surface area contributed by atoms with Crippen LogP contribution in [0, 0.1) is 5.41 Å². The average Bonchev–Trinajstić information content (AvgIpc) is 3.20. The second kappa shape index (κ2) is 9.04. The third kappa shape index (κ3) is 4.80. The molecule has 0 aliphatic carbocycles. The Balaban J connectivity index is 2.08. The van der Waals surface area contributed by atoms with E-state index in [0.717, 1.165) is 11.3 Å². The Morgan fingerprint density at radius 2 is 1.94 bits per heavy atom. The van der Waals surface area contributed by atoms with Crippen molar-refractivity contribution in [1.29, 1.82) is 5.41 Å². The summed E-state index contributed by atoms with van der Waals surface area (Å²) >= 11 is 2.23. The summed E-state index contributed by atoms with van der Waals surface area (Å²) in [4.78, 5) is 11.7. The first-order valence-corrected chi connectivity index (χ1v) is 12.7. The Morgan fingerprint density at radius 1 is 1.28 bits per heavy atom. The van der Waals surface area contributed by atoms with Gasteiger partial charge in [-0.05, 0) is 30.0 Å². The van der Waals surface area contributed by atoms with Crippen LogP contribution in [0.25, 0.3) is 0 Å². The SMILES string of the molecule is CSc1sc(C(=N)N)cc1S(=O)(=O)c1cccc(C2(OC(=O)C(F)(F)F)CCOCC2)c1. The number of thiophene rings is 1. The van der Waals surface area contributed by atoms with Crippen molar-refractivity contribution in [3.8, 4) is 0 Å². The molecule has 0 bridgehead atoms. The summed E-state index contributed by atoms with van der Waals surface area (Å²) in [5, 5.41) is 7.57. The number of carbonyl (C=O) groups excluding carboxylic acids is 1. The topological polar surface area (TPSA) is 120 Å². The molecule has 1 aromatic heterocycles. The molecule has 2 heterocycles. The van der Waals surface area contributed by atoms with Crippen LogP contribution < -0.4 is 5.73 Å². The fraction of sp³-hybridized carbons (Fsp3) is 0.368. The number of halogens is 3. The predicted octanol–water partition coefficient (Wildman–Crippen LogP) is 3.70. The van der Waals surface area contributed by atoms with Crippen molar-refractivity contribution in [2.24, 2.45) is 5.73 Å². The molecule has 0 unspecified atom stereocenters. The van der Waals surface area contributed by atoms with Crippen molar-refractivity contribution < 1.29 is 35.9 Å². The molecule has 3 rings (SSSR count). The molecule has 1 saturated heterocycles. The van der Waals surface area contributed by atoms with Crippen LogP contribution in [0.5, 0.6) is 0 Å². The van der Waals surface area contributed by atoms with Crippen LogP contribution in [0.3, 0.4) is 0 Å². The highest BCUT2D eigenvalue weighted by Gasteiger charge is 2.48. The minimum absolute atomic E-state index is 0.0469. The lowest BCUT2D eigenvalue weighted by Gasteiger charge is -2.37. The minimum atomic E-state index is -5.19. The van der Waals surface area contributed by atoms with E-state index in [0.29, 0.717) is 4.21 Å². The summed E-state index contributed by atoms with van der Waals surface area (Å²) < 4.78 is 75.9. The summed E-state index contributed by atoms with van der Waals surface area (Å²) in [7, 11) is -4.10. The number of rotatable bonds is 6. The molecule has 1 aliphatic heterocycles. The minimum Gasteiger partial charge on any atom is -0.447 e. The van der Waals surface area contributed by atoms with Gasteiger partial charge in [0.25, 0.3) is 0 Å². The van der Waals surface area contributed by atoms with Gasteiger partial charge in [0.2, 0.25) is 9.84 Å². The van der Waals surface area contributed by atoms with Gasteiger partial charge in [0.15, 0.2) is 0 Å². The van der Waals surface area contributed by atoms with Gasteiger partial charge < -0.3 is 15.2 Å². The number of nitrogens with two attached hydrogens (primary N) is 1. The third-order valence-electron chi connectivity index (χ3n) is 4.90. The van der Waals surface area contributed by atoms with Crippen molar-refractivity contribution in [2.45, 2.75) is 38.6 Å². The zero-order valence-corrected chi connectivity index (χ0v) is 19.1. The molecule has 0 spiro atoms. The molecule has 174 valence electrons. The predicted molar refractivity (Wildman–Crippen MR) is 113 cm³/mol. The number of ether oxygens (including phenoxy) is 2. The first-order valence-electron chi connectivity index (χ1n) is 9.16. The molecule has 0 saturated carbocycles. The number of esters is 1. The van der Waals surface area contributed by atoms with Crippen LogP contribution in [-0.2, 0) is 29.7 Å². The maximum Gasteiger partial charge on any atom is 0.490 e. The summed E-state index contributed by atoms with van der Waals surface area (Å²) in [5.41, 5.74) is 3.95. The molecule has 13 heteroatoms. The largest absolute Gasteiger partial charge is 0.490 e. The lowest BCUT2D eigenvalue weighted by atomic mass is 9.86. The average molecular weight is 509 g/mol. The van der Waals surface area contributed by atoms with Crippen LogP contribution in [0.2, 0.25) is 0 Å². The molecule has 32 heavy (non-hydrogen) atoms. The van der Waals surface area contributed by atoms with Crippen molar-refractivity contribution in [2.75, 3.05) is 19.5 Å². The molecule has 0 atom stereocenters. The molecule has 7 nitrogen and oxygen atoms in total. The van der Waals surface area contributed by atoms with Gasteiger partial charge in [0.1, 0.15) is 11.4 Å². The number of alkyl halides is 3. The number of thioether (sulfide) groups is 1. The van der Waals surface area contributed by atoms with Crippen molar-refractivity contribution >= 4 is 44.7 Å². The number of sulfone groups is 1. The van der Waals surface area contributed by atoms with Crippen LogP contribution in [0.1, 0.15) is 23.3 Å². The summed E-state index contributed by atoms with van der Waals surface area (Å²) in [5.74, 6) is -2.62. The standard InChI is InChI=1S/C19H19F3N2O5S3/c1-30-16-14(10-13(31-16)15(23)24)32(26,27)12-4-2-3-11(9-12)18(5-7-28-8-6-18)29-17(25)19(20,21)22/h2-4,9-10H,5-8H2,1H3,(H3,23,24). The Kier molecular flexibility index (Phi) is 6.94. The molecular formula is C19H19F3N2O5S3. The van der Waals surface area contributed by atoms with Crippen LogP contribution >= 0.6 is 23.1 Å². The Bertz CT molecular complexity index is 1140. The molecule has 0 amide bonds. The van der Waals surface area contributed by atoms with E-state index in [2.05, 4.69) is 0 Å². The fourth-order valence-corrected chi connectivity index (χ4v) is 7.18.